The maximum absolute atomic E-state index is 12.0. The van der Waals surface area contributed by atoms with Crippen molar-refractivity contribution in [1.29, 1.82) is 0 Å². The van der Waals surface area contributed by atoms with Crippen LogP contribution in [0.2, 0.25) is 5.02 Å². The van der Waals surface area contributed by atoms with Crippen LogP contribution in [0.4, 0.5) is 0 Å². The number of hydrogen-bond donors (Lipinski definition) is 1. The van der Waals surface area contributed by atoms with Gasteiger partial charge in [-0.25, -0.2) is 0 Å². The summed E-state index contributed by atoms with van der Waals surface area (Å²) >= 11 is 5.91. The minimum absolute atomic E-state index is 0.0439. The number of halogens is 1. The molecule has 0 unspecified atom stereocenters. The molecule has 2 fully saturated rings. The number of carbonyl (C=O) groups is 1. The molecule has 4 heteroatoms. The highest BCUT2D eigenvalue weighted by molar-refractivity contribution is 6.30. The van der Waals surface area contributed by atoms with Gasteiger partial charge in [-0.3, -0.25) is 4.79 Å². The third-order valence-electron chi connectivity index (χ3n) is 4.34. The number of nitrogens with one attached hydrogen (secondary N) is 1. The number of ether oxygens (including phenoxy) is 1. The molecule has 1 aromatic carbocycles. The number of amides is 1. The maximum atomic E-state index is 12.0. The summed E-state index contributed by atoms with van der Waals surface area (Å²) in [5.74, 6) is 0.774. The van der Waals surface area contributed by atoms with Gasteiger partial charge in [0.2, 0.25) is 5.91 Å². The summed E-state index contributed by atoms with van der Waals surface area (Å²) in [5.41, 5.74) is 1.08. The minimum Gasteiger partial charge on any atom is -0.371 e. The van der Waals surface area contributed by atoms with Crippen LogP contribution in [-0.2, 0) is 9.53 Å². The number of rotatable bonds is 4. The summed E-state index contributed by atoms with van der Waals surface area (Å²) in [6.07, 6.45) is 5.19. The fourth-order valence-electron chi connectivity index (χ4n) is 2.94. The van der Waals surface area contributed by atoms with Gasteiger partial charge in [0.1, 0.15) is 6.10 Å². The molecule has 1 heterocycles. The average Bonchev–Trinajstić information content (AvgIpc) is 2.83. The monoisotopic (exact) mass is 293 g/mol. The second-order valence-corrected chi connectivity index (χ2v) is 6.24. The molecule has 0 aromatic heterocycles. The van der Waals surface area contributed by atoms with Gasteiger partial charge in [0, 0.05) is 18.1 Å². The van der Waals surface area contributed by atoms with E-state index in [1.54, 1.807) is 0 Å². The van der Waals surface area contributed by atoms with E-state index in [1.165, 1.54) is 19.3 Å². The first-order valence-electron chi connectivity index (χ1n) is 7.39. The van der Waals surface area contributed by atoms with E-state index >= 15 is 0 Å². The summed E-state index contributed by atoms with van der Waals surface area (Å²) in [6, 6.07) is 7.77. The highest BCUT2D eigenvalue weighted by atomic mass is 35.5. The Morgan fingerprint density at radius 3 is 2.65 bits per heavy atom. The Bertz CT molecular complexity index is 470. The van der Waals surface area contributed by atoms with Crippen LogP contribution in [-0.4, -0.2) is 18.6 Å². The van der Waals surface area contributed by atoms with Gasteiger partial charge in [-0.2, -0.15) is 0 Å². The molecule has 1 aliphatic carbocycles. The van der Waals surface area contributed by atoms with Gasteiger partial charge in [0.05, 0.1) is 6.04 Å². The van der Waals surface area contributed by atoms with E-state index in [4.69, 9.17) is 16.3 Å². The van der Waals surface area contributed by atoms with Gasteiger partial charge in [-0.05, 0) is 42.9 Å². The zero-order valence-corrected chi connectivity index (χ0v) is 12.2. The van der Waals surface area contributed by atoms with E-state index in [0.29, 0.717) is 18.9 Å². The molecule has 1 N–H and O–H groups in total. The van der Waals surface area contributed by atoms with Crippen molar-refractivity contribution in [3.63, 3.8) is 0 Å². The van der Waals surface area contributed by atoms with Crippen LogP contribution in [0.3, 0.4) is 0 Å². The first-order valence-corrected chi connectivity index (χ1v) is 7.76. The molecule has 108 valence electrons. The smallest absolute Gasteiger partial charge is 0.220 e. The molecule has 1 saturated carbocycles. The predicted octanol–water partition coefficient (Wildman–Crippen LogP) is 3.48. The molecule has 0 bridgehead atoms. The molecular formula is C16H20ClNO2. The molecule has 1 aromatic rings. The molecule has 3 rings (SSSR count). The molecule has 2 atom stereocenters. The number of hydrogen-bond acceptors (Lipinski definition) is 2. The van der Waals surface area contributed by atoms with Crippen molar-refractivity contribution in [2.24, 2.45) is 5.92 Å². The van der Waals surface area contributed by atoms with Crippen LogP contribution in [0.5, 0.6) is 0 Å². The second-order valence-electron chi connectivity index (χ2n) is 5.81. The van der Waals surface area contributed by atoms with E-state index in [-0.39, 0.29) is 18.1 Å². The van der Waals surface area contributed by atoms with E-state index in [2.05, 4.69) is 5.32 Å². The van der Waals surface area contributed by atoms with Crippen molar-refractivity contribution < 1.29 is 9.53 Å². The third kappa shape index (κ3) is 3.15. The highest BCUT2D eigenvalue weighted by Crippen LogP contribution is 2.32. The molecule has 1 aliphatic heterocycles. The van der Waals surface area contributed by atoms with Crippen LogP contribution in [0.1, 0.15) is 43.8 Å². The second kappa shape index (κ2) is 6.15. The van der Waals surface area contributed by atoms with Crippen molar-refractivity contribution >= 4 is 17.5 Å². The largest absolute Gasteiger partial charge is 0.371 e. The highest BCUT2D eigenvalue weighted by Gasteiger charge is 2.31. The Balaban J connectivity index is 1.60. The van der Waals surface area contributed by atoms with Gasteiger partial charge in [-0.15, -0.1) is 0 Å². The molecular weight excluding hydrogens is 274 g/mol. The molecule has 0 spiro atoms. The van der Waals surface area contributed by atoms with Crippen LogP contribution in [0.15, 0.2) is 24.3 Å². The Kier molecular flexibility index (Phi) is 4.27. The molecule has 1 amide bonds. The number of carbonyl (C=O) groups excluding carboxylic acids is 1. The van der Waals surface area contributed by atoms with Gasteiger partial charge in [0.25, 0.3) is 0 Å². The molecule has 0 radical (unpaired) electrons. The van der Waals surface area contributed by atoms with Gasteiger partial charge in [-0.1, -0.05) is 30.2 Å². The lowest BCUT2D eigenvalue weighted by Gasteiger charge is -2.26. The Hall–Kier alpha value is -1.06. The van der Waals surface area contributed by atoms with Crippen molar-refractivity contribution in [3.05, 3.63) is 34.9 Å². The summed E-state index contributed by atoms with van der Waals surface area (Å²) < 4.78 is 5.78. The first kappa shape index (κ1) is 13.9. The fraction of sp³-hybridized carbons (Fsp3) is 0.562. The van der Waals surface area contributed by atoms with Crippen LogP contribution in [0, 0.1) is 5.92 Å². The van der Waals surface area contributed by atoms with E-state index in [0.717, 1.165) is 17.0 Å². The van der Waals surface area contributed by atoms with Crippen molar-refractivity contribution in [2.75, 3.05) is 6.61 Å². The molecule has 20 heavy (non-hydrogen) atoms. The molecule has 3 nitrogen and oxygen atoms in total. The van der Waals surface area contributed by atoms with Crippen molar-refractivity contribution in [3.8, 4) is 0 Å². The summed E-state index contributed by atoms with van der Waals surface area (Å²) in [5, 5.41) is 3.86. The lowest BCUT2D eigenvalue weighted by Crippen LogP contribution is -2.38. The summed E-state index contributed by atoms with van der Waals surface area (Å²) in [4.78, 5) is 12.0. The minimum atomic E-state index is -0.0439. The Morgan fingerprint density at radius 2 is 2.00 bits per heavy atom. The van der Waals surface area contributed by atoms with Gasteiger partial charge >= 0.3 is 0 Å². The lowest BCUT2D eigenvalue weighted by atomic mass is 9.83. The van der Waals surface area contributed by atoms with Gasteiger partial charge < -0.3 is 10.1 Å². The van der Waals surface area contributed by atoms with Crippen molar-refractivity contribution in [1.82, 2.24) is 5.32 Å². The van der Waals surface area contributed by atoms with E-state index in [1.807, 2.05) is 24.3 Å². The molecule has 1 saturated heterocycles. The first-order chi connectivity index (χ1) is 9.72. The predicted molar refractivity (Wildman–Crippen MR) is 78.7 cm³/mol. The van der Waals surface area contributed by atoms with E-state index in [9.17, 15) is 4.79 Å². The zero-order valence-electron chi connectivity index (χ0n) is 11.5. The third-order valence-corrected chi connectivity index (χ3v) is 4.59. The Labute approximate surface area is 124 Å². The lowest BCUT2D eigenvalue weighted by molar-refractivity contribution is -0.123. The van der Waals surface area contributed by atoms with Crippen LogP contribution >= 0.6 is 11.6 Å². The number of benzene rings is 1. The van der Waals surface area contributed by atoms with Crippen molar-refractivity contribution in [2.45, 2.75) is 44.2 Å². The summed E-state index contributed by atoms with van der Waals surface area (Å²) in [6.45, 7) is 0.696. The van der Waals surface area contributed by atoms with E-state index < -0.39 is 0 Å². The SMILES string of the molecule is O=C(CC1CCC1)N[C@H]1CCO[C@H]1c1ccc(Cl)cc1. The topological polar surface area (TPSA) is 38.3 Å². The summed E-state index contributed by atoms with van der Waals surface area (Å²) in [7, 11) is 0. The standard InChI is InChI=1S/C16H20ClNO2/c17-13-6-4-12(5-7-13)16-14(8-9-20-16)18-15(19)10-11-2-1-3-11/h4-7,11,14,16H,1-3,8-10H2,(H,18,19)/t14-,16-/m0/s1. The quantitative estimate of drug-likeness (QED) is 0.923. The fourth-order valence-corrected chi connectivity index (χ4v) is 3.07. The molecule has 2 aliphatic rings. The van der Waals surface area contributed by atoms with Gasteiger partial charge in [0.15, 0.2) is 0 Å². The normalized spacial score (nSPS) is 26.2. The maximum Gasteiger partial charge on any atom is 0.220 e. The average molecular weight is 294 g/mol. The van der Waals surface area contributed by atoms with Crippen LogP contribution < -0.4 is 5.32 Å². The van der Waals surface area contributed by atoms with Crippen LogP contribution in [0.25, 0.3) is 0 Å². The Morgan fingerprint density at radius 1 is 1.25 bits per heavy atom. The zero-order chi connectivity index (χ0) is 13.9.